The second-order valence-electron chi connectivity index (χ2n) is 4.40. The molecule has 0 radical (unpaired) electrons. The van der Waals surface area contributed by atoms with Gasteiger partial charge in [-0.1, -0.05) is 0 Å². The van der Waals surface area contributed by atoms with Gasteiger partial charge < -0.3 is 10.6 Å². The van der Waals surface area contributed by atoms with E-state index in [9.17, 15) is 8.42 Å². The average molecular weight is 270 g/mol. The first kappa shape index (κ1) is 13.4. The lowest BCUT2D eigenvalue weighted by Gasteiger charge is -2.31. The Morgan fingerprint density at radius 3 is 2.44 bits per heavy atom. The number of rotatable bonds is 3. The fraction of sp³-hybridized carbons (Fsp3) is 0.545. The normalized spacial score (nSPS) is 19.0. The van der Waals surface area contributed by atoms with Gasteiger partial charge in [-0.15, -0.1) is 0 Å². The number of hydrogen-bond donors (Lipinski definition) is 1. The molecule has 2 N–H and O–H groups in total. The molecule has 2 rings (SSSR count). The summed E-state index contributed by atoms with van der Waals surface area (Å²) in [6.07, 6.45) is 1.38. The Bertz CT molecular complexity index is 492. The van der Waals surface area contributed by atoms with E-state index in [2.05, 4.69) is 9.88 Å². The van der Waals surface area contributed by atoms with Gasteiger partial charge in [0.1, 0.15) is 4.90 Å². The van der Waals surface area contributed by atoms with Gasteiger partial charge in [-0.2, -0.15) is 4.31 Å². The third kappa shape index (κ3) is 2.69. The summed E-state index contributed by atoms with van der Waals surface area (Å²) in [5.74, 6) is 0. The summed E-state index contributed by atoms with van der Waals surface area (Å²) >= 11 is 0. The maximum atomic E-state index is 12.3. The summed E-state index contributed by atoms with van der Waals surface area (Å²) in [4.78, 5) is 6.38. The van der Waals surface area contributed by atoms with Crippen molar-refractivity contribution < 1.29 is 8.42 Å². The molecule has 1 aromatic heterocycles. The molecule has 7 heteroatoms. The van der Waals surface area contributed by atoms with Gasteiger partial charge in [-0.25, -0.2) is 8.42 Å². The SMILES string of the molecule is CN1CCN(S(=O)(=O)c2ccc(CN)nc2)CC1. The minimum atomic E-state index is -3.41. The molecule has 0 atom stereocenters. The highest BCUT2D eigenvalue weighted by Crippen LogP contribution is 2.16. The van der Waals surface area contributed by atoms with Crippen molar-refractivity contribution in [2.75, 3.05) is 33.2 Å². The van der Waals surface area contributed by atoms with Gasteiger partial charge >= 0.3 is 0 Å². The maximum Gasteiger partial charge on any atom is 0.244 e. The lowest BCUT2D eigenvalue weighted by atomic mass is 10.4. The van der Waals surface area contributed by atoms with E-state index in [-0.39, 0.29) is 4.90 Å². The van der Waals surface area contributed by atoms with E-state index in [0.717, 1.165) is 13.1 Å². The molecule has 1 aliphatic heterocycles. The third-order valence-electron chi connectivity index (χ3n) is 3.11. The molecule has 0 aromatic carbocycles. The molecular formula is C11H18N4O2S. The number of nitrogens with zero attached hydrogens (tertiary/aromatic N) is 3. The Morgan fingerprint density at radius 1 is 1.28 bits per heavy atom. The van der Waals surface area contributed by atoms with Crippen LogP contribution in [-0.2, 0) is 16.6 Å². The van der Waals surface area contributed by atoms with Gasteiger partial charge in [0.15, 0.2) is 0 Å². The van der Waals surface area contributed by atoms with Crippen LogP contribution >= 0.6 is 0 Å². The first-order valence-corrected chi connectivity index (χ1v) is 7.32. The van der Waals surface area contributed by atoms with Gasteiger partial charge in [-0.3, -0.25) is 4.98 Å². The van der Waals surface area contributed by atoms with E-state index < -0.39 is 10.0 Å². The molecule has 1 aromatic rings. The monoisotopic (exact) mass is 270 g/mol. The molecule has 0 saturated carbocycles. The number of hydrogen-bond acceptors (Lipinski definition) is 5. The molecule has 0 amide bonds. The molecule has 0 unspecified atom stereocenters. The Hall–Kier alpha value is -1.02. The van der Waals surface area contributed by atoms with Crippen LogP contribution in [0.15, 0.2) is 23.2 Å². The minimum absolute atomic E-state index is 0.240. The van der Waals surface area contributed by atoms with Gasteiger partial charge in [0.05, 0.1) is 5.69 Å². The Balaban J connectivity index is 2.19. The fourth-order valence-electron chi connectivity index (χ4n) is 1.86. The van der Waals surface area contributed by atoms with Crippen LogP contribution in [0.25, 0.3) is 0 Å². The number of piperazine rings is 1. The topological polar surface area (TPSA) is 79.5 Å². The van der Waals surface area contributed by atoms with Crippen molar-refractivity contribution in [1.29, 1.82) is 0 Å². The zero-order chi connectivity index (χ0) is 13.2. The molecule has 2 heterocycles. The molecule has 1 fully saturated rings. The van der Waals surface area contributed by atoms with Crippen LogP contribution in [0.5, 0.6) is 0 Å². The number of pyridine rings is 1. The van der Waals surface area contributed by atoms with Crippen LogP contribution in [0.2, 0.25) is 0 Å². The number of nitrogens with two attached hydrogens (primary N) is 1. The average Bonchev–Trinajstić information content (AvgIpc) is 2.39. The predicted octanol–water partition coefficient (Wildman–Crippen LogP) is -0.524. The van der Waals surface area contributed by atoms with Gasteiger partial charge in [0.2, 0.25) is 10.0 Å². The molecule has 0 bridgehead atoms. The molecule has 100 valence electrons. The largest absolute Gasteiger partial charge is 0.325 e. The molecule has 18 heavy (non-hydrogen) atoms. The van der Waals surface area contributed by atoms with E-state index in [1.165, 1.54) is 10.5 Å². The molecule has 1 saturated heterocycles. The number of sulfonamides is 1. The van der Waals surface area contributed by atoms with Crippen LogP contribution in [-0.4, -0.2) is 55.8 Å². The van der Waals surface area contributed by atoms with E-state index in [0.29, 0.717) is 25.3 Å². The summed E-state index contributed by atoms with van der Waals surface area (Å²) in [6, 6.07) is 3.23. The van der Waals surface area contributed by atoms with Crippen molar-refractivity contribution in [3.8, 4) is 0 Å². The molecule has 0 spiro atoms. The highest BCUT2D eigenvalue weighted by Gasteiger charge is 2.27. The van der Waals surface area contributed by atoms with E-state index in [4.69, 9.17) is 5.73 Å². The Morgan fingerprint density at radius 2 is 1.94 bits per heavy atom. The van der Waals surface area contributed by atoms with E-state index in [1.54, 1.807) is 12.1 Å². The van der Waals surface area contributed by atoms with Crippen molar-refractivity contribution in [3.05, 3.63) is 24.0 Å². The summed E-state index contributed by atoms with van der Waals surface area (Å²) in [5, 5.41) is 0. The van der Waals surface area contributed by atoms with Crippen LogP contribution in [0.1, 0.15) is 5.69 Å². The fourth-order valence-corrected chi connectivity index (χ4v) is 3.23. The van der Waals surface area contributed by atoms with Crippen molar-refractivity contribution >= 4 is 10.0 Å². The molecular weight excluding hydrogens is 252 g/mol. The summed E-state index contributed by atoms with van der Waals surface area (Å²) in [7, 11) is -1.42. The first-order chi connectivity index (χ1) is 8.54. The third-order valence-corrected chi connectivity index (χ3v) is 4.99. The molecule has 0 aliphatic carbocycles. The maximum absolute atomic E-state index is 12.3. The van der Waals surface area contributed by atoms with Crippen molar-refractivity contribution in [3.63, 3.8) is 0 Å². The van der Waals surface area contributed by atoms with E-state index >= 15 is 0 Å². The number of likely N-dealkylation sites (N-methyl/N-ethyl adjacent to an activating group) is 1. The van der Waals surface area contributed by atoms with Crippen molar-refractivity contribution in [2.45, 2.75) is 11.4 Å². The van der Waals surface area contributed by atoms with E-state index in [1.807, 2.05) is 7.05 Å². The Labute approximate surface area is 107 Å². The minimum Gasteiger partial charge on any atom is -0.325 e. The number of aromatic nitrogens is 1. The standard InChI is InChI=1S/C11H18N4O2S/c1-14-4-6-15(7-5-14)18(16,17)11-3-2-10(8-12)13-9-11/h2-3,9H,4-8,12H2,1H3. The van der Waals surface area contributed by atoms with Crippen LogP contribution in [0.3, 0.4) is 0 Å². The summed E-state index contributed by atoms with van der Waals surface area (Å²) < 4.78 is 26.2. The van der Waals surface area contributed by atoms with Gasteiger partial charge in [0.25, 0.3) is 0 Å². The van der Waals surface area contributed by atoms with Crippen LogP contribution in [0, 0.1) is 0 Å². The highest BCUT2D eigenvalue weighted by atomic mass is 32.2. The first-order valence-electron chi connectivity index (χ1n) is 5.88. The van der Waals surface area contributed by atoms with Crippen molar-refractivity contribution in [1.82, 2.24) is 14.2 Å². The summed E-state index contributed by atoms with van der Waals surface area (Å²) in [5.41, 5.74) is 6.13. The molecule has 1 aliphatic rings. The summed E-state index contributed by atoms with van der Waals surface area (Å²) in [6.45, 7) is 2.88. The smallest absolute Gasteiger partial charge is 0.244 e. The highest BCUT2D eigenvalue weighted by molar-refractivity contribution is 7.89. The quantitative estimate of drug-likeness (QED) is 0.799. The lowest BCUT2D eigenvalue weighted by Crippen LogP contribution is -2.47. The molecule has 6 nitrogen and oxygen atoms in total. The van der Waals surface area contributed by atoms with Crippen molar-refractivity contribution in [2.24, 2.45) is 5.73 Å². The zero-order valence-corrected chi connectivity index (χ0v) is 11.2. The van der Waals surface area contributed by atoms with Crippen LogP contribution in [0.4, 0.5) is 0 Å². The second kappa shape index (κ2) is 5.31. The Kier molecular flexibility index (Phi) is 3.96. The van der Waals surface area contributed by atoms with Gasteiger partial charge in [-0.05, 0) is 19.2 Å². The van der Waals surface area contributed by atoms with Crippen LogP contribution < -0.4 is 5.73 Å². The second-order valence-corrected chi connectivity index (χ2v) is 6.33. The zero-order valence-electron chi connectivity index (χ0n) is 10.4. The van der Waals surface area contributed by atoms with Gasteiger partial charge in [0, 0.05) is 38.9 Å². The predicted molar refractivity (Wildman–Crippen MR) is 68.4 cm³/mol. The lowest BCUT2D eigenvalue weighted by molar-refractivity contribution is 0.222.